The monoisotopic (exact) mass is 470 g/mol. The van der Waals surface area contributed by atoms with E-state index in [1.165, 1.54) is 0 Å². The fourth-order valence-electron chi connectivity index (χ4n) is 4.01. The van der Waals surface area contributed by atoms with E-state index in [1.54, 1.807) is 0 Å². The van der Waals surface area contributed by atoms with E-state index in [0.29, 0.717) is 13.2 Å². The Labute approximate surface area is 208 Å². The molecule has 34 heavy (non-hydrogen) atoms. The molecule has 0 saturated heterocycles. The van der Waals surface area contributed by atoms with Crippen molar-refractivity contribution in [3.8, 4) is 11.5 Å². The van der Waals surface area contributed by atoms with Crippen LogP contribution in [0.4, 0.5) is 0 Å². The molecule has 4 nitrogen and oxygen atoms in total. The standard InChI is InChI=1S/C30H46O4/c1-7-11-23-31-27-17-13-25(14-18-27)29(5,33-21-9-3)30(6,34-22-10-4)26-15-19-28(20-16-26)32-24-12-8-2/h13-20H,7-12,21-24H2,1-6H3. The maximum Gasteiger partial charge on any atom is 0.123 e. The summed E-state index contributed by atoms with van der Waals surface area (Å²) in [6, 6.07) is 16.7. The Hall–Kier alpha value is -2.04. The molecule has 0 amide bonds. The van der Waals surface area contributed by atoms with Crippen molar-refractivity contribution >= 4 is 0 Å². The summed E-state index contributed by atoms with van der Waals surface area (Å²) in [6.07, 6.45) is 6.22. The molecular weight excluding hydrogens is 424 g/mol. The summed E-state index contributed by atoms with van der Waals surface area (Å²) < 4.78 is 25.1. The minimum Gasteiger partial charge on any atom is -0.494 e. The average molecular weight is 471 g/mol. The maximum atomic E-state index is 6.63. The molecule has 0 radical (unpaired) electrons. The van der Waals surface area contributed by atoms with Gasteiger partial charge in [-0.1, -0.05) is 64.8 Å². The summed E-state index contributed by atoms with van der Waals surface area (Å²) in [5.41, 5.74) is 0.770. The second-order valence-electron chi connectivity index (χ2n) is 9.22. The third kappa shape index (κ3) is 7.23. The van der Waals surface area contributed by atoms with Crippen molar-refractivity contribution < 1.29 is 18.9 Å². The van der Waals surface area contributed by atoms with Crippen molar-refractivity contribution in [1.29, 1.82) is 0 Å². The molecule has 4 heteroatoms. The Morgan fingerprint density at radius 1 is 0.500 bits per heavy atom. The number of rotatable bonds is 17. The van der Waals surface area contributed by atoms with E-state index in [1.807, 2.05) is 24.3 Å². The first kappa shape index (κ1) is 28.2. The lowest BCUT2D eigenvalue weighted by atomic mass is 9.75. The molecule has 0 saturated carbocycles. The topological polar surface area (TPSA) is 36.9 Å². The van der Waals surface area contributed by atoms with E-state index in [0.717, 1.165) is 74.4 Å². The summed E-state index contributed by atoms with van der Waals surface area (Å²) in [4.78, 5) is 0. The van der Waals surface area contributed by atoms with Crippen LogP contribution in [0, 0.1) is 0 Å². The molecule has 0 bridgehead atoms. The zero-order valence-corrected chi connectivity index (χ0v) is 22.3. The van der Waals surface area contributed by atoms with Gasteiger partial charge in [0, 0.05) is 13.2 Å². The highest BCUT2D eigenvalue weighted by molar-refractivity contribution is 5.38. The van der Waals surface area contributed by atoms with Crippen LogP contribution in [0.3, 0.4) is 0 Å². The highest BCUT2D eigenvalue weighted by Crippen LogP contribution is 2.47. The van der Waals surface area contributed by atoms with E-state index in [9.17, 15) is 0 Å². The predicted octanol–water partition coefficient (Wildman–Crippen LogP) is 8.03. The van der Waals surface area contributed by atoms with Crippen molar-refractivity contribution in [2.45, 2.75) is 91.3 Å². The molecule has 0 aliphatic rings. The van der Waals surface area contributed by atoms with Gasteiger partial charge in [-0.05, 0) is 74.9 Å². The lowest BCUT2D eigenvalue weighted by Gasteiger charge is -2.47. The van der Waals surface area contributed by atoms with Crippen LogP contribution in [-0.2, 0) is 20.7 Å². The highest BCUT2D eigenvalue weighted by atomic mass is 16.6. The summed E-state index contributed by atoms with van der Waals surface area (Å²) in [7, 11) is 0. The van der Waals surface area contributed by atoms with Gasteiger partial charge in [-0.3, -0.25) is 0 Å². The molecule has 2 aromatic rings. The molecule has 190 valence electrons. The molecule has 2 atom stereocenters. The van der Waals surface area contributed by atoms with Crippen molar-refractivity contribution in [3.05, 3.63) is 59.7 Å². The Morgan fingerprint density at radius 3 is 1.15 bits per heavy atom. The molecule has 2 rings (SSSR count). The van der Waals surface area contributed by atoms with Crippen LogP contribution in [0.25, 0.3) is 0 Å². The van der Waals surface area contributed by atoms with Gasteiger partial charge < -0.3 is 18.9 Å². The minimum atomic E-state index is -0.690. The first-order chi connectivity index (χ1) is 16.4. The molecule has 0 spiro atoms. The lowest BCUT2D eigenvalue weighted by Crippen LogP contribution is -2.49. The molecule has 2 unspecified atom stereocenters. The van der Waals surface area contributed by atoms with Crippen LogP contribution >= 0.6 is 0 Å². The Balaban J connectivity index is 2.41. The van der Waals surface area contributed by atoms with Crippen molar-refractivity contribution in [3.63, 3.8) is 0 Å². The summed E-state index contributed by atoms with van der Waals surface area (Å²) in [5.74, 6) is 1.78. The Bertz CT molecular complexity index is 732. The van der Waals surface area contributed by atoms with Gasteiger partial charge in [0.25, 0.3) is 0 Å². The molecule has 0 N–H and O–H groups in total. The molecule has 0 aromatic heterocycles. The lowest BCUT2D eigenvalue weighted by molar-refractivity contribution is -0.207. The minimum absolute atomic E-state index is 0.647. The number of benzene rings is 2. The number of hydrogen-bond donors (Lipinski definition) is 0. The number of hydrogen-bond acceptors (Lipinski definition) is 4. The third-order valence-corrected chi connectivity index (χ3v) is 6.44. The zero-order chi connectivity index (χ0) is 24.9. The van der Waals surface area contributed by atoms with Crippen molar-refractivity contribution in [2.75, 3.05) is 26.4 Å². The summed E-state index contributed by atoms with van der Waals surface area (Å²) in [5, 5.41) is 0. The fourth-order valence-corrected chi connectivity index (χ4v) is 4.01. The van der Waals surface area contributed by atoms with Crippen LogP contribution in [-0.4, -0.2) is 26.4 Å². The Morgan fingerprint density at radius 2 is 0.853 bits per heavy atom. The van der Waals surface area contributed by atoms with Gasteiger partial charge in [-0.15, -0.1) is 0 Å². The van der Waals surface area contributed by atoms with E-state index in [-0.39, 0.29) is 0 Å². The van der Waals surface area contributed by atoms with Crippen LogP contribution in [0.15, 0.2) is 48.5 Å². The zero-order valence-electron chi connectivity index (χ0n) is 22.3. The van der Waals surface area contributed by atoms with Crippen LogP contribution in [0.1, 0.15) is 91.2 Å². The van der Waals surface area contributed by atoms with Gasteiger partial charge >= 0.3 is 0 Å². The average Bonchev–Trinajstić information content (AvgIpc) is 2.87. The molecular formula is C30H46O4. The Kier molecular flexibility index (Phi) is 11.9. The second-order valence-corrected chi connectivity index (χ2v) is 9.22. The smallest absolute Gasteiger partial charge is 0.123 e. The highest BCUT2D eigenvalue weighted by Gasteiger charge is 2.49. The van der Waals surface area contributed by atoms with Gasteiger partial charge in [0.15, 0.2) is 0 Å². The second kappa shape index (κ2) is 14.4. The van der Waals surface area contributed by atoms with Crippen LogP contribution < -0.4 is 9.47 Å². The van der Waals surface area contributed by atoms with E-state index >= 15 is 0 Å². The normalized spacial score (nSPS) is 14.9. The SMILES string of the molecule is CCCCOc1ccc(C(C)(OCCC)C(C)(OCCC)c2ccc(OCCCC)cc2)cc1. The number of ether oxygens (including phenoxy) is 4. The summed E-state index contributed by atoms with van der Waals surface area (Å²) in [6.45, 7) is 15.7. The van der Waals surface area contributed by atoms with Crippen molar-refractivity contribution in [1.82, 2.24) is 0 Å². The molecule has 0 aliphatic carbocycles. The summed E-state index contributed by atoms with van der Waals surface area (Å²) >= 11 is 0. The quantitative estimate of drug-likeness (QED) is 0.219. The first-order valence-corrected chi connectivity index (χ1v) is 13.2. The van der Waals surface area contributed by atoms with Gasteiger partial charge in [-0.2, -0.15) is 0 Å². The molecule has 0 aliphatic heterocycles. The predicted molar refractivity (Wildman–Crippen MR) is 141 cm³/mol. The van der Waals surface area contributed by atoms with E-state index < -0.39 is 11.2 Å². The van der Waals surface area contributed by atoms with Crippen LogP contribution in [0.2, 0.25) is 0 Å². The molecule has 2 aromatic carbocycles. The van der Waals surface area contributed by atoms with Gasteiger partial charge in [-0.25, -0.2) is 0 Å². The fraction of sp³-hybridized carbons (Fsp3) is 0.600. The van der Waals surface area contributed by atoms with Crippen molar-refractivity contribution in [2.24, 2.45) is 0 Å². The largest absolute Gasteiger partial charge is 0.494 e. The molecule has 0 heterocycles. The van der Waals surface area contributed by atoms with E-state index in [2.05, 4.69) is 65.8 Å². The maximum absolute atomic E-state index is 6.63. The van der Waals surface area contributed by atoms with Crippen LogP contribution in [0.5, 0.6) is 11.5 Å². The van der Waals surface area contributed by atoms with Gasteiger partial charge in [0.1, 0.15) is 22.7 Å². The van der Waals surface area contributed by atoms with Gasteiger partial charge in [0.05, 0.1) is 13.2 Å². The third-order valence-electron chi connectivity index (χ3n) is 6.44. The molecule has 0 fully saturated rings. The van der Waals surface area contributed by atoms with E-state index in [4.69, 9.17) is 18.9 Å². The first-order valence-electron chi connectivity index (χ1n) is 13.2. The van der Waals surface area contributed by atoms with Gasteiger partial charge in [0.2, 0.25) is 0 Å². The number of unbranched alkanes of at least 4 members (excludes halogenated alkanes) is 2.